The number of rotatable bonds is 2. The number of nitrogens with one attached hydrogen (secondary N) is 1. The van der Waals surface area contributed by atoms with Crippen molar-refractivity contribution in [2.45, 2.75) is 12.5 Å². The SMILES string of the molecule is CN1C(=O)[C@](C)(C(=O)Nc2ccccc2)Oc2cccnc21. The summed E-state index contributed by atoms with van der Waals surface area (Å²) in [4.78, 5) is 30.5. The number of fused-ring (bicyclic) bond motifs is 1. The molecule has 0 bridgehead atoms. The van der Waals surface area contributed by atoms with Crippen molar-refractivity contribution in [3.05, 3.63) is 48.7 Å². The number of amides is 2. The molecule has 0 aliphatic carbocycles. The first kappa shape index (κ1) is 14.1. The van der Waals surface area contributed by atoms with Gasteiger partial charge in [-0.05, 0) is 31.2 Å². The van der Waals surface area contributed by atoms with Crippen LogP contribution in [0.2, 0.25) is 0 Å². The predicted molar refractivity (Wildman–Crippen MR) is 81.8 cm³/mol. The topological polar surface area (TPSA) is 71.5 Å². The molecule has 2 amide bonds. The van der Waals surface area contributed by atoms with Crippen LogP contribution in [0.1, 0.15) is 6.92 Å². The molecule has 3 rings (SSSR count). The zero-order chi connectivity index (χ0) is 15.7. The number of para-hydroxylation sites is 1. The number of aromatic nitrogens is 1. The lowest BCUT2D eigenvalue weighted by Crippen LogP contribution is -2.60. The fourth-order valence-corrected chi connectivity index (χ4v) is 2.31. The zero-order valence-corrected chi connectivity index (χ0v) is 12.2. The average molecular weight is 297 g/mol. The summed E-state index contributed by atoms with van der Waals surface area (Å²) in [5, 5.41) is 2.70. The highest BCUT2D eigenvalue weighted by Crippen LogP contribution is 2.35. The molecular formula is C16H15N3O3. The molecule has 2 heterocycles. The Labute approximate surface area is 127 Å². The monoisotopic (exact) mass is 297 g/mol. The molecule has 0 saturated carbocycles. The maximum atomic E-state index is 12.6. The lowest BCUT2D eigenvalue weighted by Gasteiger charge is -2.36. The summed E-state index contributed by atoms with van der Waals surface area (Å²) in [6.07, 6.45) is 1.57. The molecule has 6 nitrogen and oxygen atoms in total. The molecule has 0 unspecified atom stereocenters. The molecule has 22 heavy (non-hydrogen) atoms. The number of ether oxygens (including phenoxy) is 1. The number of benzene rings is 1. The summed E-state index contributed by atoms with van der Waals surface area (Å²) < 4.78 is 5.67. The minimum absolute atomic E-state index is 0.398. The van der Waals surface area contributed by atoms with Crippen LogP contribution in [0.25, 0.3) is 0 Å². The first-order valence-corrected chi connectivity index (χ1v) is 6.81. The van der Waals surface area contributed by atoms with Gasteiger partial charge < -0.3 is 10.1 Å². The van der Waals surface area contributed by atoms with E-state index in [0.29, 0.717) is 17.3 Å². The Bertz CT molecular complexity index is 732. The van der Waals surface area contributed by atoms with Gasteiger partial charge in [0.15, 0.2) is 11.6 Å². The lowest BCUT2D eigenvalue weighted by atomic mass is 10.0. The smallest absolute Gasteiger partial charge is 0.281 e. The summed E-state index contributed by atoms with van der Waals surface area (Å²) in [5.41, 5.74) is -1.04. The normalized spacial score (nSPS) is 20.1. The minimum atomic E-state index is -1.64. The van der Waals surface area contributed by atoms with Crippen LogP contribution in [0.4, 0.5) is 11.5 Å². The van der Waals surface area contributed by atoms with Gasteiger partial charge in [0.25, 0.3) is 17.4 Å². The van der Waals surface area contributed by atoms with Crippen LogP contribution in [-0.4, -0.2) is 29.4 Å². The third kappa shape index (κ3) is 2.18. The van der Waals surface area contributed by atoms with Gasteiger partial charge in [-0.3, -0.25) is 14.5 Å². The van der Waals surface area contributed by atoms with Gasteiger partial charge in [-0.15, -0.1) is 0 Å². The molecule has 1 atom stereocenters. The molecule has 0 fully saturated rings. The Kier molecular flexibility index (Phi) is 3.29. The van der Waals surface area contributed by atoms with Gasteiger partial charge in [0, 0.05) is 18.9 Å². The van der Waals surface area contributed by atoms with Crippen LogP contribution in [0.5, 0.6) is 5.75 Å². The average Bonchev–Trinajstić information content (AvgIpc) is 2.54. The molecular weight excluding hydrogens is 282 g/mol. The van der Waals surface area contributed by atoms with E-state index in [2.05, 4.69) is 10.3 Å². The van der Waals surface area contributed by atoms with E-state index in [1.165, 1.54) is 11.8 Å². The predicted octanol–water partition coefficient (Wildman–Crippen LogP) is 1.83. The fourth-order valence-electron chi connectivity index (χ4n) is 2.31. The molecule has 1 N–H and O–H groups in total. The molecule has 0 saturated heterocycles. The van der Waals surface area contributed by atoms with Crippen LogP contribution >= 0.6 is 0 Å². The largest absolute Gasteiger partial charge is 0.464 e. The zero-order valence-electron chi connectivity index (χ0n) is 12.2. The lowest BCUT2D eigenvalue weighted by molar-refractivity contribution is -0.145. The fraction of sp³-hybridized carbons (Fsp3) is 0.188. The molecule has 2 aromatic rings. The van der Waals surface area contributed by atoms with Crippen LogP contribution < -0.4 is 15.0 Å². The van der Waals surface area contributed by atoms with E-state index in [1.807, 2.05) is 6.07 Å². The molecule has 0 spiro atoms. The number of anilines is 2. The van der Waals surface area contributed by atoms with Crippen molar-refractivity contribution in [1.82, 2.24) is 4.98 Å². The van der Waals surface area contributed by atoms with Gasteiger partial charge in [0.1, 0.15) is 0 Å². The number of hydrogen-bond donors (Lipinski definition) is 1. The summed E-state index contributed by atoms with van der Waals surface area (Å²) in [7, 11) is 1.57. The van der Waals surface area contributed by atoms with Crippen molar-refractivity contribution < 1.29 is 14.3 Å². The van der Waals surface area contributed by atoms with Gasteiger partial charge in [-0.2, -0.15) is 0 Å². The van der Waals surface area contributed by atoms with Crippen molar-refractivity contribution in [3.63, 3.8) is 0 Å². The van der Waals surface area contributed by atoms with Crippen molar-refractivity contribution in [1.29, 1.82) is 0 Å². The molecule has 6 heteroatoms. The molecule has 1 aliphatic rings. The molecule has 0 radical (unpaired) electrons. The van der Waals surface area contributed by atoms with E-state index in [4.69, 9.17) is 4.74 Å². The quantitative estimate of drug-likeness (QED) is 0.859. The summed E-state index contributed by atoms with van der Waals surface area (Å²) in [5.74, 6) is -0.190. The van der Waals surface area contributed by atoms with Gasteiger partial charge >= 0.3 is 0 Å². The maximum Gasteiger partial charge on any atom is 0.281 e. The van der Waals surface area contributed by atoms with Gasteiger partial charge in [0.2, 0.25) is 0 Å². The van der Waals surface area contributed by atoms with Gasteiger partial charge in [-0.25, -0.2) is 4.98 Å². The Morgan fingerprint density at radius 1 is 1.23 bits per heavy atom. The number of carbonyl (C=O) groups excluding carboxylic acids is 2. The second-order valence-corrected chi connectivity index (χ2v) is 5.14. The first-order valence-electron chi connectivity index (χ1n) is 6.81. The van der Waals surface area contributed by atoms with E-state index >= 15 is 0 Å². The molecule has 112 valence electrons. The Morgan fingerprint density at radius 2 is 1.95 bits per heavy atom. The van der Waals surface area contributed by atoms with E-state index in [9.17, 15) is 9.59 Å². The van der Waals surface area contributed by atoms with Crippen LogP contribution in [0.3, 0.4) is 0 Å². The highest BCUT2D eigenvalue weighted by Gasteiger charge is 2.50. The maximum absolute atomic E-state index is 12.6. The van der Waals surface area contributed by atoms with Crippen molar-refractivity contribution in [3.8, 4) is 5.75 Å². The van der Waals surface area contributed by atoms with E-state index in [0.717, 1.165) is 0 Å². The van der Waals surface area contributed by atoms with Gasteiger partial charge in [0.05, 0.1) is 0 Å². The third-order valence-corrected chi connectivity index (χ3v) is 3.56. The minimum Gasteiger partial charge on any atom is -0.464 e. The second-order valence-electron chi connectivity index (χ2n) is 5.14. The summed E-state index contributed by atoms with van der Waals surface area (Å²) >= 11 is 0. The van der Waals surface area contributed by atoms with E-state index in [-0.39, 0.29) is 0 Å². The number of hydrogen-bond acceptors (Lipinski definition) is 4. The number of carbonyl (C=O) groups is 2. The Balaban J connectivity index is 1.92. The second kappa shape index (κ2) is 5.14. The van der Waals surface area contributed by atoms with Crippen LogP contribution in [0, 0.1) is 0 Å². The Hall–Kier alpha value is -2.89. The number of nitrogens with zero attached hydrogens (tertiary/aromatic N) is 2. The summed E-state index contributed by atoms with van der Waals surface area (Å²) in [6, 6.07) is 12.3. The Morgan fingerprint density at radius 3 is 2.68 bits per heavy atom. The van der Waals surface area contributed by atoms with Crippen LogP contribution in [0.15, 0.2) is 48.7 Å². The van der Waals surface area contributed by atoms with Crippen LogP contribution in [-0.2, 0) is 9.59 Å². The first-order chi connectivity index (χ1) is 10.5. The molecule has 1 aromatic heterocycles. The van der Waals surface area contributed by atoms with Gasteiger partial charge in [-0.1, -0.05) is 18.2 Å². The summed E-state index contributed by atoms with van der Waals surface area (Å²) in [6.45, 7) is 1.46. The van der Waals surface area contributed by atoms with E-state index < -0.39 is 17.4 Å². The standard InChI is InChI=1S/C16H15N3O3/c1-16(14(20)18-11-7-4-3-5-8-11)15(21)19(2)13-12(22-16)9-6-10-17-13/h3-10H,1-2H3,(H,18,20)/t16-/m0/s1. The van der Waals surface area contributed by atoms with Crippen molar-refractivity contribution in [2.75, 3.05) is 17.3 Å². The van der Waals surface area contributed by atoms with E-state index in [1.54, 1.807) is 49.6 Å². The third-order valence-electron chi connectivity index (χ3n) is 3.56. The van der Waals surface area contributed by atoms with Crippen molar-refractivity contribution in [2.24, 2.45) is 0 Å². The number of likely N-dealkylation sites (N-methyl/N-ethyl adjacent to an activating group) is 1. The highest BCUT2D eigenvalue weighted by atomic mass is 16.5. The van der Waals surface area contributed by atoms with Crippen molar-refractivity contribution >= 4 is 23.3 Å². The highest BCUT2D eigenvalue weighted by molar-refractivity contribution is 6.19. The number of pyridine rings is 1. The molecule has 1 aliphatic heterocycles. The molecule has 1 aromatic carbocycles.